The second-order valence-corrected chi connectivity index (χ2v) is 8.91. The molecule has 8 nitrogen and oxygen atoms in total. The highest BCUT2D eigenvalue weighted by atomic mass is 32.2. The average Bonchev–Trinajstić information content (AvgIpc) is 2.77. The van der Waals surface area contributed by atoms with Gasteiger partial charge in [0.15, 0.2) is 6.61 Å². The molecule has 2 aliphatic heterocycles. The van der Waals surface area contributed by atoms with Crippen LogP contribution in [0.25, 0.3) is 0 Å². The van der Waals surface area contributed by atoms with E-state index in [9.17, 15) is 9.59 Å². The van der Waals surface area contributed by atoms with E-state index < -0.39 is 5.97 Å². The summed E-state index contributed by atoms with van der Waals surface area (Å²) >= 11 is 6.73. The second kappa shape index (κ2) is 10.7. The molecule has 2 aliphatic rings. The summed E-state index contributed by atoms with van der Waals surface area (Å²) in [5.41, 5.74) is 0. The number of piperidine rings is 1. The normalized spacial score (nSPS) is 17.9. The molecule has 0 bridgehead atoms. The lowest BCUT2D eigenvalue weighted by Crippen LogP contribution is -2.50. The summed E-state index contributed by atoms with van der Waals surface area (Å²) in [5.74, 6) is 0.952. The van der Waals surface area contributed by atoms with Gasteiger partial charge in [0.2, 0.25) is 5.95 Å². The molecular weight excluding hydrogens is 410 g/mol. The van der Waals surface area contributed by atoms with Crippen molar-refractivity contribution in [2.24, 2.45) is 5.92 Å². The number of thiocarbonyl (C=S) groups is 1. The molecule has 0 unspecified atom stereocenters. The van der Waals surface area contributed by atoms with Gasteiger partial charge >= 0.3 is 5.97 Å². The first-order valence-electron chi connectivity index (χ1n) is 9.90. The maximum Gasteiger partial charge on any atom is 0.316 e. The number of piperazine rings is 1. The van der Waals surface area contributed by atoms with E-state index in [1.807, 2.05) is 4.90 Å². The smallest absolute Gasteiger partial charge is 0.316 e. The van der Waals surface area contributed by atoms with E-state index in [1.54, 1.807) is 23.4 Å². The number of amides is 1. The standard InChI is InChI=1S/C19H27N5O3S2/c1-15-3-7-24(8-4-15)19(28)29-14-17(26)27-13-16(25)22-9-11-23(12-10-22)18-20-5-2-6-21-18/h2,5-6,15H,3-4,7-14H2,1H3. The van der Waals surface area contributed by atoms with E-state index in [-0.39, 0.29) is 18.3 Å². The number of aromatic nitrogens is 2. The lowest BCUT2D eigenvalue weighted by Gasteiger charge is -2.34. The number of esters is 1. The lowest BCUT2D eigenvalue weighted by molar-refractivity contribution is -0.150. The monoisotopic (exact) mass is 437 g/mol. The van der Waals surface area contributed by atoms with Crippen LogP contribution in [0.15, 0.2) is 18.5 Å². The van der Waals surface area contributed by atoms with E-state index in [0.717, 1.165) is 36.2 Å². The first kappa shape index (κ1) is 21.8. The van der Waals surface area contributed by atoms with E-state index in [0.29, 0.717) is 32.1 Å². The third kappa shape index (κ3) is 6.53. The molecule has 0 spiro atoms. The van der Waals surface area contributed by atoms with Crippen LogP contribution >= 0.6 is 24.0 Å². The Bertz CT molecular complexity index is 705. The van der Waals surface area contributed by atoms with E-state index in [2.05, 4.69) is 21.8 Å². The number of anilines is 1. The summed E-state index contributed by atoms with van der Waals surface area (Å²) in [7, 11) is 0. The van der Waals surface area contributed by atoms with Crippen LogP contribution in [0, 0.1) is 5.92 Å². The van der Waals surface area contributed by atoms with Crippen LogP contribution in [0.4, 0.5) is 5.95 Å². The number of hydrogen-bond donors (Lipinski definition) is 0. The van der Waals surface area contributed by atoms with Crippen molar-refractivity contribution >= 4 is 46.1 Å². The molecule has 3 heterocycles. The number of ether oxygens (including phenoxy) is 1. The molecule has 0 aromatic carbocycles. The summed E-state index contributed by atoms with van der Waals surface area (Å²) in [6.45, 7) is 6.33. The Kier molecular flexibility index (Phi) is 8.05. The van der Waals surface area contributed by atoms with Crippen LogP contribution in [-0.2, 0) is 14.3 Å². The quantitative estimate of drug-likeness (QED) is 0.502. The SMILES string of the molecule is CC1CCN(C(=S)SCC(=O)OCC(=O)N2CCN(c3ncccn3)CC2)CC1. The topological polar surface area (TPSA) is 78.9 Å². The van der Waals surface area contributed by atoms with Crippen molar-refractivity contribution in [1.29, 1.82) is 0 Å². The number of rotatable bonds is 5. The molecule has 29 heavy (non-hydrogen) atoms. The Morgan fingerprint density at radius 2 is 1.76 bits per heavy atom. The van der Waals surface area contributed by atoms with Gasteiger partial charge in [-0.1, -0.05) is 30.9 Å². The van der Waals surface area contributed by atoms with E-state index >= 15 is 0 Å². The molecular formula is C19H27N5O3S2. The summed E-state index contributed by atoms with van der Waals surface area (Å²) in [4.78, 5) is 38.7. The van der Waals surface area contributed by atoms with Gasteiger partial charge < -0.3 is 19.4 Å². The van der Waals surface area contributed by atoms with Crippen molar-refractivity contribution in [3.05, 3.63) is 18.5 Å². The molecule has 1 aromatic rings. The third-order valence-corrected chi connectivity index (χ3v) is 6.68. The number of likely N-dealkylation sites (tertiary alicyclic amines) is 1. The Hall–Kier alpha value is -1.94. The van der Waals surface area contributed by atoms with Crippen molar-refractivity contribution in [2.45, 2.75) is 19.8 Å². The highest BCUT2D eigenvalue weighted by Gasteiger charge is 2.24. The Balaban J connectivity index is 1.32. The maximum atomic E-state index is 12.3. The van der Waals surface area contributed by atoms with Crippen LogP contribution in [0.3, 0.4) is 0 Å². The van der Waals surface area contributed by atoms with Gasteiger partial charge in [-0.25, -0.2) is 9.97 Å². The van der Waals surface area contributed by atoms with Crippen molar-refractivity contribution in [1.82, 2.24) is 19.8 Å². The summed E-state index contributed by atoms with van der Waals surface area (Å²) in [6.07, 6.45) is 5.66. The van der Waals surface area contributed by atoms with Crippen LogP contribution < -0.4 is 4.90 Å². The van der Waals surface area contributed by atoms with Crippen molar-refractivity contribution in [3.63, 3.8) is 0 Å². The highest BCUT2D eigenvalue weighted by Crippen LogP contribution is 2.20. The molecule has 0 aliphatic carbocycles. The van der Waals surface area contributed by atoms with Gasteiger partial charge in [0.05, 0.1) is 5.75 Å². The molecule has 3 rings (SSSR count). The van der Waals surface area contributed by atoms with Gasteiger partial charge in [0.25, 0.3) is 5.91 Å². The van der Waals surface area contributed by atoms with Gasteiger partial charge in [-0.2, -0.15) is 0 Å². The number of carbonyl (C=O) groups is 2. The minimum atomic E-state index is -0.410. The van der Waals surface area contributed by atoms with E-state index in [1.165, 1.54) is 11.8 Å². The average molecular weight is 438 g/mol. The zero-order chi connectivity index (χ0) is 20.6. The van der Waals surface area contributed by atoms with Gasteiger partial charge in [-0.3, -0.25) is 9.59 Å². The number of nitrogens with zero attached hydrogens (tertiary/aromatic N) is 5. The third-order valence-electron chi connectivity index (χ3n) is 5.18. The van der Waals surface area contributed by atoms with Gasteiger partial charge in [-0.15, -0.1) is 0 Å². The van der Waals surface area contributed by atoms with Crippen LogP contribution in [0.5, 0.6) is 0 Å². The van der Waals surface area contributed by atoms with Gasteiger partial charge in [0.1, 0.15) is 4.32 Å². The second-order valence-electron chi connectivity index (χ2n) is 7.30. The molecule has 0 N–H and O–H groups in total. The minimum Gasteiger partial charge on any atom is -0.455 e. The summed E-state index contributed by atoms with van der Waals surface area (Å²) < 4.78 is 5.89. The fourth-order valence-corrected chi connectivity index (χ4v) is 4.34. The number of hydrogen-bond acceptors (Lipinski definition) is 8. The molecule has 0 saturated carbocycles. The van der Waals surface area contributed by atoms with Crippen LogP contribution in [-0.4, -0.2) is 87.6 Å². The lowest BCUT2D eigenvalue weighted by atomic mass is 10.00. The fraction of sp³-hybridized carbons (Fsp3) is 0.632. The van der Waals surface area contributed by atoms with Gasteiger partial charge in [-0.05, 0) is 24.8 Å². The zero-order valence-corrected chi connectivity index (χ0v) is 18.3. The first-order valence-corrected chi connectivity index (χ1v) is 11.3. The zero-order valence-electron chi connectivity index (χ0n) is 16.7. The van der Waals surface area contributed by atoms with Crippen molar-refractivity contribution < 1.29 is 14.3 Å². The van der Waals surface area contributed by atoms with E-state index in [4.69, 9.17) is 17.0 Å². The summed E-state index contributed by atoms with van der Waals surface area (Å²) in [6, 6.07) is 1.77. The molecule has 10 heteroatoms. The van der Waals surface area contributed by atoms with Crippen molar-refractivity contribution in [2.75, 3.05) is 56.5 Å². The molecule has 0 atom stereocenters. The molecule has 1 aromatic heterocycles. The molecule has 0 radical (unpaired) electrons. The molecule has 2 fully saturated rings. The largest absolute Gasteiger partial charge is 0.455 e. The Morgan fingerprint density at radius 1 is 1.10 bits per heavy atom. The summed E-state index contributed by atoms with van der Waals surface area (Å²) in [5, 5.41) is 0. The predicted molar refractivity (Wildman–Crippen MR) is 117 cm³/mol. The van der Waals surface area contributed by atoms with Gasteiger partial charge in [0, 0.05) is 51.7 Å². The number of carbonyl (C=O) groups excluding carboxylic acids is 2. The Morgan fingerprint density at radius 3 is 2.41 bits per heavy atom. The fourth-order valence-electron chi connectivity index (χ4n) is 3.29. The van der Waals surface area contributed by atoms with Crippen LogP contribution in [0.1, 0.15) is 19.8 Å². The predicted octanol–water partition coefficient (Wildman–Crippen LogP) is 1.42. The molecule has 2 saturated heterocycles. The highest BCUT2D eigenvalue weighted by molar-refractivity contribution is 8.23. The maximum absolute atomic E-state index is 12.3. The molecule has 158 valence electrons. The minimum absolute atomic E-state index is 0.136. The van der Waals surface area contributed by atoms with Crippen LogP contribution in [0.2, 0.25) is 0 Å². The number of thioether (sulfide) groups is 1. The first-order chi connectivity index (χ1) is 14.0. The Labute approximate surface area is 181 Å². The van der Waals surface area contributed by atoms with Crippen molar-refractivity contribution in [3.8, 4) is 0 Å². The molecule has 1 amide bonds.